The topological polar surface area (TPSA) is 107 Å². The molecule has 1 aromatic heterocycles. The van der Waals surface area contributed by atoms with Crippen molar-refractivity contribution in [2.45, 2.75) is 6.92 Å². The molecule has 148 valence electrons. The summed E-state index contributed by atoms with van der Waals surface area (Å²) in [5.41, 5.74) is 3.71. The van der Waals surface area contributed by atoms with Crippen LogP contribution < -0.4 is 10.2 Å². The van der Waals surface area contributed by atoms with Gasteiger partial charge < -0.3 is 9.15 Å². The van der Waals surface area contributed by atoms with Crippen LogP contribution in [0.1, 0.15) is 11.3 Å². The van der Waals surface area contributed by atoms with Gasteiger partial charge in [-0.3, -0.25) is 14.9 Å². The standard InChI is InChI=1S/C20H16ClN3O5/c1-13-9-16(5-7-18(13)21)28-12-20(25)23-22-11-17-6-8-19(29-17)14-3-2-4-15(10-14)24(26)27/h2-11H,12H2,1H3,(H,23,25)/b22-11-. The molecule has 0 bridgehead atoms. The molecule has 1 heterocycles. The first kappa shape index (κ1) is 20.1. The van der Waals surface area contributed by atoms with Crippen LogP contribution in [0.4, 0.5) is 5.69 Å². The highest BCUT2D eigenvalue weighted by molar-refractivity contribution is 6.31. The first-order chi connectivity index (χ1) is 13.9. The maximum atomic E-state index is 11.8. The van der Waals surface area contributed by atoms with Gasteiger partial charge in [0.2, 0.25) is 0 Å². The van der Waals surface area contributed by atoms with Crippen molar-refractivity contribution in [2.75, 3.05) is 6.61 Å². The number of ether oxygens (including phenoxy) is 1. The summed E-state index contributed by atoms with van der Waals surface area (Å²) in [4.78, 5) is 22.2. The molecular weight excluding hydrogens is 398 g/mol. The lowest BCUT2D eigenvalue weighted by Crippen LogP contribution is -2.24. The van der Waals surface area contributed by atoms with Crippen LogP contribution in [0, 0.1) is 17.0 Å². The average Bonchev–Trinajstić information content (AvgIpc) is 3.18. The number of hydrogen-bond donors (Lipinski definition) is 1. The number of rotatable bonds is 7. The van der Waals surface area contributed by atoms with Crippen molar-refractivity contribution in [1.82, 2.24) is 5.43 Å². The number of amides is 1. The monoisotopic (exact) mass is 413 g/mol. The molecule has 9 heteroatoms. The van der Waals surface area contributed by atoms with Crippen molar-refractivity contribution < 1.29 is 18.9 Å². The first-order valence-electron chi connectivity index (χ1n) is 8.48. The van der Waals surface area contributed by atoms with Gasteiger partial charge in [0.15, 0.2) is 6.61 Å². The van der Waals surface area contributed by atoms with Gasteiger partial charge >= 0.3 is 0 Å². The van der Waals surface area contributed by atoms with E-state index in [1.165, 1.54) is 18.3 Å². The Kier molecular flexibility index (Phi) is 6.25. The van der Waals surface area contributed by atoms with Gasteiger partial charge in [0, 0.05) is 22.7 Å². The predicted molar refractivity (Wildman–Crippen MR) is 108 cm³/mol. The van der Waals surface area contributed by atoms with Gasteiger partial charge in [-0.05, 0) is 42.8 Å². The molecule has 1 amide bonds. The number of hydrogen-bond acceptors (Lipinski definition) is 6. The van der Waals surface area contributed by atoms with Crippen LogP contribution in [0.2, 0.25) is 5.02 Å². The van der Waals surface area contributed by atoms with Crippen LogP contribution in [0.25, 0.3) is 11.3 Å². The molecule has 0 saturated carbocycles. The largest absolute Gasteiger partial charge is 0.484 e. The molecule has 3 aromatic rings. The molecule has 0 spiro atoms. The normalized spacial score (nSPS) is 10.8. The fourth-order valence-electron chi connectivity index (χ4n) is 2.41. The molecule has 29 heavy (non-hydrogen) atoms. The van der Waals surface area contributed by atoms with Crippen LogP contribution >= 0.6 is 11.6 Å². The molecule has 3 rings (SSSR count). The van der Waals surface area contributed by atoms with Crippen molar-refractivity contribution in [2.24, 2.45) is 5.10 Å². The van der Waals surface area contributed by atoms with Crippen LogP contribution in [0.15, 0.2) is 64.1 Å². The maximum absolute atomic E-state index is 11.8. The highest BCUT2D eigenvalue weighted by Gasteiger charge is 2.10. The third kappa shape index (κ3) is 5.43. The smallest absolute Gasteiger partial charge is 0.277 e. The molecule has 0 aliphatic carbocycles. The molecule has 0 aliphatic heterocycles. The highest BCUT2D eigenvalue weighted by atomic mass is 35.5. The quantitative estimate of drug-likeness (QED) is 0.352. The summed E-state index contributed by atoms with van der Waals surface area (Å²) in [5.74, 6) is 0.905. The van der Waals surface area contributed by atoms with E-state index in [1.54, 1.807) is 42.5 Å². The maximum Gasteiger partial charge on any atom is 0.277 e. The number of carbonyl (C=O) groups is 1. The molecule has 0 fully saturated rings. The first-order valence-corrected chi connectivity index (χ1v) is 8.85. The average molecular weight is 414 g/mol. The number of hydrazone groups is 1. The summed E-state index contributed by atoms with van der Waals surface area (Å²) in [5, 5.41) is 15.3. The summed E-state index contributed by atoms with van der Waals surface area (Å²) in [6.07, 6.45) is 1.32. The van der Waals surface area contributed by atoms with E-state index in [9.17, 15) is 14.9 Å². The van der Waals surface area contributed by atoms with E-state index >= 15 is 0 Å². The van der Waals surface area contributed by atoms with Crippen LogP contribution in [0.5, 0.6) is 5.75 Å². The lowest BCUT2D eigenvalue weighted by Gasteiger charge is -2.06. The van der Waals surface area contributed by atoms with Gasteiger partial charge in [0.1, 0.15) is 17.3 Å². The van der Waals surface area contributed by atoms with Gasteiger partial charge in [0.05, 0.1) is 11.1 Å². The van der Waals surface area contributed by atoms with Crippen LogP contribution in [-0.2, 0) is 4.79 Å². The second-order valence-corrected chi connectivity index (χ2v) is 6.41. The second kappa shape index (κ2) is 9.03. The fraction of sp³-hybridized carbons (Fsp3) is 0.100. The van der Waals surface area contributed by atoms with Crippen molar-refractivity contribution >= 4 is 29.4 Å². The van der Waals surface area contributed by atoms with Gasteiger partial charge in [0.25, 0.3) is 11.6 Å². The van der Waals surface area contributed by atoms with E-state index < -0.39 is 10.8 Å². The Morgan fingerprint density at radius 1 is 1.28 bits per heavy atom. The number of halogens is 1. The Bertz CT molecular complexity index is 1080. The van der Waals surface area contributed by atoms with E-state index in [0.29, 0.717) is 27.9 Å². The summed E-state index contributed by atoms with van der Waals surface area (Å²) in [7, 11) is 0. The van der Waals surface area contributed by atoms with Crippen molar-refractivity contribution in [3.05, 3.63) is 81.1 Å². The summed E-state index contributed by atoms with van der Waals surface area (Å²) < 4.78 is 10.9. The van der Waals surface area contributed by atoms with Crippen molar-refractivity contribution in [3.63, 3.8) is 0 Å². The number of benzene rings is 2. The van der Waals surface area contributed by atoms with E-state index in [2.05, 4.69) is 10.5 Å². The third-order valence-electron chi connectivity index (χ3n) is 3.85. The molecule has 8 nitrogen and oxygen atoms in total. The Balaban J connectivity index is 1.54. The number of non-ortho nitro benzene ring substituents is 1. The zero-order chi connectivity index (χ0) is 20.8. The molecule has 2 aromatic carbocycles. The Hall–Kier alpha value is -3.65. The van der Waals surface area contributed by atoms with E-state index in [1.807, 2.05) is 6.92 Å². The van der Waals surface area contributed by atoms with E-state index in [4.69, 9.17) is 20.8 Å². The van der Waals surface area contributed by atoms with Crippen LogP contribution in [0.3, 0.4) is 0 Å². The summed E-state index contributed by atoms with van der Waals surface area (Å²) >= 11 is 5.94. The number of nitrogens with zero attached hydrogens (tertiary/aromatic N) is 2. The summed E-state index contributed by atoms with van der Waals surface area (Å²) in [6.45, 7) is 1.63. The second-order valence-electron chi connectivity index (χ2n) is 6.00. The zero-order valence-electron chi connectivity index (χ0n) is 15.3. The minimum atomic E-state index is -0.474. The molecule has 1 N–H and O–H groups in total. The number of nitro groups is 1. The van der Waals surface area contributed by atoms with Gasteiger partial charge in [-0.25, -0.2) is 5.43 Å². The Labute approximate surface area is 170 Å². The Morgan fingerprint density at radius 3 is 2.86 bits per heavy atom. The minimum absolute atomic E-state index is 0.0303. The molecule has 0 unspecified atom stereocenters. The molecular formula is C20H16ClN3O5. The van der Waals surface area contributed by atoms with Crippen molar-refractivity contribution in [3.8, 4) is 17.1 Å². The number of furan rings is 1. The van der Waals surface area contributed by atoms with E-state index in [-0.39, 0.29) is 12.3 Å². The third-order valence-corrected chi connectivity index (χ3v) is 4.27. The van der Waals surface area contributed by atoms with E-state index in [0.717, 1.165) is 5.56 Å². The number of nitro benzene ring substituents is 1. The fourth-order valence-corrected chi connectivity index (χ4v) is 2.52. The number of nitrogens with one attached hydrogen (secondary N) is 1. The predicted octanol–water partition coefficient (Wildman–Crippen LogP) is 4.35. The van der Waals surface area contributed by atoms with Gasteiger partial charge in [-0.2, -0.15) is 5.10 Å². The molecule has 0 radical (unpaired) electrons. The zero-order valence-corrected chi connectivity index (χ0v) is 16.1. The number of aryl methyl sites for hydroxylation is 1. The van der Waals surface area contributed by atoms with Gasteiger partial charge in [-0.15, -0.1) is 0 Å². The molecule has 0 saturated heterocycles. The number of carbonyl (C=O) groups excluding carboxylic acids is 1. The van der Waals surface area contributed by atoms with Gasteiger partial charge in [-0.1, -0.05) is 23.7 Å². The lowest BCUT2D eigenvalue weighted by molar-refractivity contribution is -0.384. The Morgan fingerprint density at radius 2 is 2.10 bits per heavy atom. The van der Waals surface area contributed by atoms with Crippen molar-refractivity contribution in [1.29, 1.82) is 0 Å². The summed E-state index contributed by atoms with van der Waals surface area (Å²) in [6, 6.07) is 14.5. The highest BCUT2D eigenvalue weighted by Crippen LogP contribution is 2.25. The molecule has 0 aliphatic rings. The minimum Gasteiger partial charge on any atom is -0.484 e. The molecule has 0 atom stereocenters. The SMILES string of the molecule is Cc1cc(OCC(=O)N/N=C\c2ccc(-c3cccc([N+](=O)[O-])c3)o2)ccc1Cl. The lowest BCUT2D eigenvalue weighted by atomic mass is 10.1. The van der Waals surface area contributed by atoms with Crippen LogP contribution in [-0.4, -0.2) is 23.7 Å².